The Morgan fingerprint density at radius 1 is 1.21 bits per heavy atom. The number of hydrogen-bond donors (Lipinski definition) is 0. The number of thiophene rings is 1. The van der Waals surface area contributed by atoms with Crippen molar-refractivity contribution >= 4 is 50.6 Å². The van der Waals surface area contributed by atoms with E-state index in [9.17, 15) is 9.59 Å². The van der Waals surface area contributed by atoms with Gasteiger partial charge in [-0.2, -0.15) is 0 Å². The summed E-state index contributed by atoms with van der Waals surface area (Å²) in [6.07, 6.45) is 3.45. The third-order valence-corrected chi connectivity index (χ3v) is 6.42. The molecule has 9 heteroatoms. The zero-order chi connectivity index (χ0) is 19.7. The van der Waals surface area contributed by atoms with Crippen molar-refractivity contribution in [3.63, 3.8) is 0 Å². The monoisotopic (exact) mass is 432 g/mol. The van der Waals surface area contributed by atoms with Crippen LogP contribution in [-0.2, 0) is 12.3 Å². The van der Waals surface area contributed by atoms with Crippen LogP contribution in [-0.4, -0.2) is 18.9 Å². The lowest BCUT2D eigenvalue weighted by atomic mass is 10.3. The molecule has 0 spiro atoms. The Labute approximate surface area is 173 Å². The van der Waals surface area contributed by atoms with E-state index < -0.39 is 0 Å². The van der Waals surface area contributed by atoms with Crippen molar-refractivity contribution in [1.29, 1.82) is 0 Å². The van der Waals surface area contributed by atoms with Gasteiger partial charge in [0.1, 0.15) is 10.3 Å². The van der Waals surface area contributed by atoms with Gasteiger partial charge in [-0.05, 0) is 30.0 Å². The molecule has 0 saturated heterocycles. The zero-order valence-electron chi connectivity index (χ0n) is 15.1. The summed E-state index contributed by atoms with van der Waals surface area (Å²) in [4.78, 5) is 34.4. The van der Waals surface area contributed by atoms with Crippen molar-refractivity contribution < 1.29 is 0 Å². The van der Waals surface area contributed by atoms with Crippen LogP contribution < -0.4 is 11.1 Å². The number of hydrogen-bond acceptors (Lipinski definition) is 6. The van der Waals surface area contributed by atoms with Crippen LogP contribution in [0, 0.1) is 0 Å². The molecule has 4 heterocycles. The Kier molecular flexibility index (Phi) is 5.52. The molecule has 0 aliphatic rings. The van der Waals surface area contributed by atoms with Gasteiger partial charge in [-0.3, -0.25) is 18.6 Å². The maximum atomic E-state index is 12.8. The summed E-state index contributed by atoms with van der Waals surface area (Å²) < 4.78 is 3.84. The molecule has 0 amide bonds. The van der Waals surface area contributed by atoms with Crippen molar-refractivity contribution in [2.75, 3.05) is 0 Å². The lowest BCUT2D eigenvalue weighted by Gasteiger charge is -2.11. The Bertz CT molecular complexity index is 1280. The van der Waals surface area contributed by atoms with E-state index >= 15 is 0 Å². The van der Waals surface area contributed by atoms with Crippen molar-refractivity contribution in [3.05, 3.63) is 67.3 Å². The summed E-state index contributed by atoms with van der Waals surface area (Å²) in [5.41, 5.74) is 1.70. The Morgan fingerprint density at radius 2 is 2.07 bits per heavy atom. The summed E-state index contributed by atoms with van der Waals surface area (Å²) in [5, 5.41) is 3.02. The van der Waals surface area contributed by atoms with Crippen LogP contribution in [0.5, 0.6) is 0 Å². The van der Waals surface area contributed by atoms with E-state index in [-0.39, 0.29) is 11.1 Å². The van der Waals surface area contributed by atoms with Gasteiger partial charge in [0.25, 0.3) is 11.1 Å². The molecule has 0 radical (unpaired) electrons. The molecular weight excluding hydrogens is 416 g/mol. The van der Waals surface area contributed by atoms with Gasteiger partial charge >= 0.3 is 0 Å². The van der Waals surface area contributed by atoms with Gasteiger partial charge in [0.15, 0.2) is 5.16 Å². The number of rotatable bonds is 6. The largest absolute Gasteiger partial charge is 0.286 e. The predicted octanol–water partition coefficient (Wildman–Crippen LogP) is 4.21. The van der Waals surface area contributed by atoms with Gasteiger partial charge < -0.3 is 0 Å². The molecule has 0 aliphatic carbocycles. The Balaban J connectivity index is 1.68. The number of unbranched alkanes of at least 4 members (excludes halogenated alkanes) is 1. The molecule has 0 N–H and O–H groups in total. The normalized spacial score (nSPS) is 11.5. The molecule has 4 rings (SSSR count). The minimum atomic E-state index is -0.187. The van der Waals surface area contributed by atoms with Crippen LogP contribution in [0.3, 0.4) is 0 Å². The molecular formula is C19H17ClN4O2S2. The third kappa shape index (κ3) is 3.72. The smallest absolute Gasteiger partial charge is 0.272 e. The van der Waals surface area contributed by atoms with Crippen molar-refractivity contribution in [1.82, 2.24) is 18.9 Å². The zero-order valence-corrected chi connectivity index (χ0v) is 17.5. The van der Waals surface area contributed by atoms with E-state index in [1.54, 1.807) is 22.9 Å². The average molecular weight is 433 g/mol. The lowest BCUT2D eigenvalue weighted by molar-refractivity contribution is 0.558. The minimum absolute atomic E-state index is 0.00266. The summed E-state index contributed by atoms with van der Waals surface area (Å²) in [6.45, 7) is 2.72. The van der Waals surface area contributed by atoms with Crippen molar-refractivity contribution in [2.24, 2.45) is 0 Å². The van der Waals surface area contributed by atoms with E-state index in [0.717, 1.165) is 12.8 Å². The fourth-order valence-electron chi connectivity index (χ4n) is 2.89. The maximum absolute atomic E-state index is 12.8. The number of thioether (sulfide) groups is 1. The van der Waals surface area contributed by atoms with Gasteiger partial charge in [-0.15, -0.1) is 11.3 Å². The molecule has 0 atom stereocenters. The second-order valence-electron chi connectivity index (χ2n) is 6.29. The van der Waals surface area contributed by atoms with Gasteiger partial charge in [0.05, 0.1) is 16.2 Å². The minimum Gasteiger partial charge on any atom is -0.286 e. The average Bonchev–Trinajstić information content (AvgIpc) is 3.15. The highest BCUT2D eigenvalue weighted by molar-refractivity contribution is 7.98. The first-order chi connectivity index (χ1) is 13.6. The van der Waals surface area contributed by atoms with Gasteiger partial charge in [0.2, 0.25) is 0 Å². The van der Waals surface area contributed by atoms with E-state index in [2.05, 4.69) is 16.9 Å². The van der Waals surface area contributed by atoms with Crippen LogP contribution in [0.4, 0.5) is 0 Å². The van der Waals surface area contributed by atoms with E-state index in [1.807, 2.05) is 11.4 Å². The summed E-state index contributed by atoms with van der Waals surface area (Å²) in [6, 6.07) is 6.77. The first-order valence-corrected chi connectivity index (χ1v) is 11.1. The van der Waals surface area contributed by atoms with Gasteiger partial charge in [0, 0.05) is 24.6 Å². The molecule has 0 aromatic carbocycles. The molecule has 144 valence electrons. The second kappa shape index (κ2) is 8.06. The Hall–Kier alpha value is -2.16. The first kappa shape index (κ1) is 19.2. The van der Waals surface area contributed by atoms with Gasteiger partial charge in [-0.25, -0.2) is 9.97 Å². The van der Waals surface area contributed by atoms with Crippen LogP contribution in [0.1, 0.15) is 25.5 Å². The SMILES string of the molecule is CCCCn1c(SCc2cc(=O)n3cc(Cl)ccc3n2)nc2ccsc2c1=O. The number of nitrogens with zero attached hydrogens (tertiary/aromatic N) is 4. The highest BCUT2D eigenvalue weighted by Gasteiger charge is 2.13. The van der Waals surface area contributed by atoms with Crippen LogP contribution in [0.25, 0.3) is 15.9 Å². The summed E-state index contributed by atoms with van der Waals surface area (Å²) >= 11 is 8.79. The fraction of sp³-hybridized carbons (Fsp3) is 0.263. The molecule has 0 saturated carbocycles. The molecule has 6 nitrogen and oxygen atoms in total. The number of fused-ring (bicyclic) bond motifs is 2. The van der Waals surface area contributed by atoms with Crippen LogP contribution in [0.2, 0.25) is 5.02 Å². The molecule has 28 heavy (non-hydrogen) atoms. The standard InChI is InChI=1S/C19H17ClN4O2S2/c1-2-3-7-23-18(26)17-14(6-8-27-17)22-19(23)28-11-13-9-16(25)24-10-12(20)4-5-15(24)21-13/h4-6,8-10H,2-3,7,11H2,1H3. The molecule has 0 bridgehead atoms. The van der Waals surface area contributed by atoms with Crippen LogP contribution >= 0.6 is 34.7 Å². The van der Waals surface area contributed by atoms with E-state index in [4.69, 9.17) is 11.6 Å². The van der Waals surface area contributed by atoms with Crippen molar-refractivity contribution in [2.45, 2.75) is 37.2 Å². The highest BCUT2D eigenvalue weighted by Crippen LogP contribution is 2.23. The summed E-state index contributed by atoms with van der Waals surface area (Å²) in [7, 11) is 0. The molecule has 4 aromatic heterocycles. The number of halogens is 1. The molecule has 0 fully saturated rings. The Morgan fingerprint density at radius 3 is 2.89 bits per heavy atom. The summed E-state index contributed by atoms with van der Waals surface area (Å²) in [5.74, 6) is 0.447. The lowest BCUT2D eigenvalue weighted by Crippen LogP contribution is -2.22. The highest BCUT2D eigenvalue weighted by atomic mass is 35.5. The molecule has 0 aliphatic heterocycles. The van der Waals surface area contributed by atoms with E-state index in [1.165, 1.54) is 33.6 Å². The number of aromatic nitrogens is 4. The van der Waals surface area contributed by atoms with E-state index in [0.29, 0.717) is 44.0 Å². The van der Waals surface area contributed by atoms with Gasteiger partial charge in [-0.1, -0.05) is 36.7 Å². The quantitative estimate of drug-likeness (QED) is 0.337. The molecule has 4 aromatic rings. The molecule has 0 unspecified atom stereocenters. The van der Waals surface area contributed by atoms with Crippen molar-refractivity contribution in [3.8, 4) is 0 Å². The fourth-order valence-corrected chi connectivity index (χ4v) is 4.74. The predicted molar refractivity (Wildman–Crippen MR) is 115 cm³/mol. The van der Waals surface area contributed by atoms with Crippen LogP contribution in [0.15, 0.2) is 50.6 Å². The third-order valence-electron chi connectivity index (χ3n) is 4.29. The number of pyridine rings is 1. The maximum Gasteiger partial charge on any atom is 0.272 e. The second-order valence-corrected chi connectivity index (χ2v) is 8.58. The topological polar surface area (TPSA) is 69.3 Å². The first-order valence-electron chi connectivity index (χ1n) is 8.85.